The van der Waals surface area contributed by atoms with Crippen molar-refractivity contribution in [2.24, 2.45) is 0 Å². The van der Waals surface area contributed by atoms with Gasteiger partial charge in [-0.25, -0.2) is 0 Å². The smallest absolute Gasteiger partial charge is 0.0869 e. The molecule has 1 aromatic carbocycles. The molecule has 19 heavy (non-hydrogen) atoms. The first-order chi connectivity index (χ1) is 9.17. The van der Waals surface area contributed by atoms with Crippen LogP contribution in [0.2, 0.25) is 0 Å². The fourth-order valence-electron chi connectivity index (χ4n) is 2.53. The minimum atomic E-state index is -0.499. The van der Waals surface area contributed by atoms with Crippen LogP contribution in [0.25, 0.3) is 0 Å². The van der Waals surface area contributed by atoms with Gasteiger partial charge in [-0.3, -0.25) is 0 Å². The van der Waals surface area contributed by atoms with Gasteiger partial charge in [0.1, 0.15) is 0 Å². The lowest BCUT2D eigenvalue weighted by Gasteiger charge is -2.26. The third-order valence-corrected chi connectivity index (χ3v) is 5.19. The molecule has 0 aliphatic carbocycles. The highest BCUT2D eigenvalue weighted by Gasteiger charge is 2.31. The van der Waals surface area contributed by atoms with Crippen molar-refractivity contribution >= 4 is 11.8 Å². The van der Waals surface area contributed by atoms with E-state index in [1.165, 1.54) is 11.1 Å². The minimum Gasteiger partial charge on any atom is -0.388 e. The van der Waals surface area contributed by atoms with Crippen LogP contribution in [0.15, 0.2) is 24.3 Å². The lowest BCUT2D eigenvalue weighted by atomic mass is 9.99. The van der Waals surface area contributed by atoms with Crippen molar-refractivity contribution in [2.45, 2.75) is 44.8 Å². The van der Waals surface area contributed by atoms with Crippen molar-refractivity contribution in [3.63, 3.8) is 0 Å². The van der Waals surface area contributed by atoms with Crippen molar-refractivity contribution in [1.29, 1.82) is 0 Å². The maximum absolute atomic E-state index is 10.4. The number of hydrogen-bond donors (Lipinski definition) is 2. The van der Waals surface area contributed by atoms with E-state index in [9.17, 15) is 5.11 Å². The molecule has 106 valence electrons. The predicted octanol–water partition coefficient (Wildman–Crippen LogP) is 3.16. The van der Waals surface area contributed by atoms with Gasteiger partial charge in [0, 0.05) is 18.3 Å². The second-order valence-electron chi connectivity index (χ2n) is 5.46. The monoisotopic (exact) mass is 279 g/mol. The third-order valence-electron chi connectivity index (χ3n) is 3.96. The maximum atomic E-state index is 10.4. The molecule has 1 heterocycles. The van der Waals surface area contributed by atoms with Crippen molar-refractivity contribution in [2.75, 3.05) is 18.1 Å². The van der Waals surface area contributed by atoms with E-state index in [1.54, 1.807) is 0 Å². The maximum Gasteiger partial charge on any atom is 0.0869 e. The van der Waals surface area contributed by atoms with Crippen LogP contribution in [0.4, 0.5) is 0 Å². The Kier molecular flexibility index (Phi) is 5.31. The van der Waals surface area contributed by atoms with E-state index in [-0.39, 0.29) is 0 Å². The first-order valence-electron chi connectivity index (χ1n) is 7.29. The van der Waals surface area contributed by atoms with Crippen LogP contribution in [-0.2, 0) is 6.42 Å². The van der Waals surface area contributed by atoms with E-state index in [2.05, 4.69) is 43.4 Å². The summed E-state index contributed by atoms with van der Waals surface area (Å²) >= 11 is 1.85. The standard InChI is InChI=1S/C16H25NOS/c1-3-13-5-7-14(8-6-13)15(4-2)17-11-16(18)9-10-19-12-16/h5-8,15,17-18H,3-4,9-12H2,1-2H3. The molecule has 2 atom stereocenters. The van der Waals surface area contributed by atoms with E-state index in [0.29, 0.717) is 12.6 Å². The molecule has 1 saturated heterocycles. The average molecular weight is 279 g/mol. The zero-order valence-electron chi connectivity index (χ0n) is 12.0. The second kappa shape index (κ2) is 6.78. The van der Waals surface area contributed by atoms with Gasteiger partial charge in [0.05, 0.1) is 5.60 Å². The molecule has 0 amide bonds. The fourth-order valence-corrected chi connectivity index (χ4v) is 3.83. The van der Waals surface area contributed by atoms with Crippen LogP contribution in [0.5, 0.6) is 0 Å². The summed E-state index contributed by atoms with van der Waals surface area (Å²) < 4.78 is 0. The molecule has 3 heteroatoms. The molecule has 1 fully saturated rings. The zero-order valence-corrected chi connectivity index (χ0v) is 12.8. The van der Waals surface area contributed by atoms with E-state index in [1.807, 2.05) is 11.8 Å². The van der Waals surface area contributed by atoms with Crippen molar-refractivity contribution in [1.82, 2.24) is 5.32 Å². The van der Waals surface area contributed by atoms with E-state index >= 15 is 0 Å². The number of nitrogens with one attached hydrogen (secondary N) is 1. The molecule has 0 radical (unpaired) electrons. The Balaban J connectivity index is 1.95. The number of rotatable bonds is 6. The summed E-state index contributed by atoms with van der Waals surface area (Å²) in [6.45, 7) is 5.07. The Morgan fingerprint density at radius 2 is 2.05 bits per heavy atom. The summed E-state index contributed by atoms with van der Waals surface area (Å²) in [5.41, 5.74) is 2.21. The minimum absolute atomic E-state index is 0.348. The molecular weight excluding hydrogens is 254 g/mol. The van der Waals surface area contributed by atoms with Gasteiger partial charge in [-0.1, -0.05) is 38.1 Å². The van der Waals surface area contributed by atoms with Gasteiger partial charge >= 0.3 is 0 Å². The molecule has 1 aliphatic heterocycles. The van der Waals surface area contributed by atoms with Crippen molar-refractivity contribution < 1.29 is 5.11 Å². The van der Waals surface area contributed by atoms with Crippen LogP contribution >= 0.6 is 11.8 Å². The third kappa shape index (κ3) is 3.98. The zero-order chi connectivity index (χ0) is 13.7. The molecule has 0 aromatic heterocycles. The van der Waals surface area contributed by atoms with Gasteiger partial charge in [-0.05, 0) is 36.1 Å². The topological polar surface area (TPSA) is 32.3 Å². The van der Waals surface area contributed by atoms with Crippen LogP contribution in [0.3, 0.4) is 0 Å². The number of benzene rings is 1. The number of hydrogen-bond acceptors (Lipinski definition) is 3. The molecule has 2 nitrogen and oxygen atoms in total. The fraction of sp³-hybridized carbons (Fsp3) is 0.625. The van der Waals surface area contributed by atoms with E-state index in [0.717, 1.165) is 30.8 Å². The molecule has 1 aliphatic rings. The summed E-state index contributed by atoms with van der Waals surface area (Å²) in [6, 6.07) is 9.20. The number of aryl methyl sites for hydroxylation is 1. The second-order valence-corrected chi connectivity index (χ2v) is 6.57. The molecule has 0 saturated carbocycles. The SMILES string of the molecule is CCc1ccc(C(CC)NCC2(O)CCSC2)cc1. The average Bonchev–Trinajstić information content (AvgIpc) is 2.87. The van der Waals surface area contributed by atoms with Gasteiger partial charge in [0.25, 0.3) is 0 Å². The highest BCUT2D eigenvalue weighted by atomic mass is 32.2. The van der Waals surface area contributed by atoms with Gasteiger partial charge < -0.3 is 10.4 Å². The Morgan fingerprint density at radius 1 is 1.32 bits per heavy atom. The molecule has 2 rings (SSSR count). The molecular formula is C16H25NOS. The summed E-state index contributed by atoms with van der Waals surface area (Å²) in [5, 5.41) is 13.9. The Hall–Kier alpha value is -0.510. The number of thioether (sulfide) groups is 1. The van der Waals surface area contributed by atoms with Crippen LogP contribution in [0.1, 0.15) is 43.9 Å². The first kappa shape index (κ1) is 14.9. The van der Waals surface area contributed by atoms with Gasteiger partial charge in [-0.2, -0.15) is 11.8 Å². The molecule has 1 aromatic rings. The van der Waals surface area contributed by atoms with Gasteiger partial charge in [0.2, 0.25) is 0 Å². The van der Waals surface area contributed by atoms with Crippen molar-refractivity contribution in [3.8, 4) is 0 Å². The largest absolute Gasteiger partial charge is 0.388 e. The van der Waals surface area contributed by atoms with Gasteiger partial charge in [-0.15, -0.1) is 0 Å². The summed E-state index contributed by atoms with van der Waals surface area (Å²) in [5.74, 6) is 1.95. The molecule has 0 spiro atoms. The molecule has 2 N–H and O–H groups in total. The molecule has 2 unspecified atom stereocenters. The first-order valence-corrected chi connectivity index (χ1v) is 8.44. The van der Waals surface area contributed by atoms with E-state index < -0.39 is 5.60 Å². The summed E-state index contributed by atoms with van der Waals surface area (Å²) in [7, 11) is 0. The lowest BCUT2D eigenvalue weighted by Crippen LogP contribution is -2.41. The highest BCUT2D eigenvalue weighted by Crippen LogP contribution is 2.28. The number of aliphatic hydroxyl groups is 1. The van der Waals surface area contributed by atoms with Crippen LogP contribution in [0, 0.1) is 0 Å². The highest BCUT2D eigenvalue weighted by molar-refractivity contribution is 7.99. The molecule has 0 bridgehead atoms. The lowest BCUT2D eigenvalue weighted by molar-refractivity contribution is 0.0643. The normalized spacial score (nSPS) is 24.6. The van der Waals surface area contributed by atoms with Gasteiger partial charge in [0.15, 0.2) is 0 Å². The quantitative estimate of drug-likeness (QED) is 0.839. The Bertz CT molecular complexity index is 384. The van der Waals surface area contributed by atoms with Crippen LogP contribution < -0.4 is 5.32 Å². The Labute approximate surface area is 121 Å². The van der Waals surface area contributed by atoms with Crippen LogP contribution in [-0.4, -0.2) is 28.8 Å². The Morgan fingerprint density at radius 3 is 2.58 bits per heavy atom. The summed E-state index contributed by atoms with van der Waals surface area (Å²) in [6.07, 6.45) is 3.05. The predicted molar refractivity (Wildman–Crippen MR) is 83.7 cm³/mol. The van der Waals surface area contributed by atoms with Crippen molar-refractivity contribution in [3.05, 3.63) is 35.4 Å². The summed E-state index contributed by atoms with van der Waals surface area (Å²) in [4.78, 5) is 0. The van der Waals surface area contributed by atoms with E-state index in [4.69, 9.17) is 0 Å².